The van der Waals surface area contributed by atoms with Gasteiger partial charge in [0.05, 0.1) is 25.2 Å². The molecule has 0 aliphatic rings. The van der Waals surface area contributed by atoms with Crippen LogP contribution < -0.4 is 9.64 Å². The van der Waals surface area contributed by atoms with Crippen molar-refractivity contribution in [2.75, 3.05) is 25.7 Å². The summed E-state index contributed by atoms with van der Waals surface area (Å²) < 4.78 is 5.09. The number of halogens is 1. The summed E-state index contributed by atoms with van der Waals surface area (Å²) in [6.07, 6.45) is 0.0968. The summed E-state index contributed by atoms with van der Waals surface area (Å²) in [6, 6.07) is 3.46. The van der Waals surface area contributed by atoms with Crippen LogP contribution in [0.3, 0.4) is 0 Å². The molecule has 0 aliphatic carbocycles. The molecule has 1 N–H and O–H groups in total. The highest BCUT2D eigenvalue weighted by Crippen LogP contribution is 2.32. The molecule has 0 spiro atoms. The smallest absolute Gasteiger partial charge is 0.229 e. The molecule has 0 aliphatic heterocycles. The molecule has 0 heterocycles. The van der Waals surface area contributed by atoms with E-state index in [4.69, 9.17) is 21.4 Å². The fourth-order valence-electron chi connectivity index (χ4n) is 1.56. The van der Waals surface area contributed by atoms with Gasteiger partial charge in [-0.25, -0.2) is 0 Å². The summed E-state index contributed by atoms with van der Waals surface area (Å²) in [7, 11) is 3.20. The zero-order valence-electron chi connectivity index (χ0n) is 10.2. The van der Waals surface area contributed by atoms with Crippen molar-refractivity contribution in [2.24, 2.45) is 0 Å². The molecule has 0 bridgehead atoms. The van der Waals surface area contributed by atoms with Crippen LogP contribution in [0.5, 0.6) is 5.75 Å². The van der Waals surface area contributed by atoms with Crippen LogP contribution in [-0.2, 0) is 4.79 Å². The van der Waals surface area contributed by atoms with Crippen molar-refractivity contribution in [1.29, 1.82) is 0 Å². The first-order valence-electron chi connectivity index (χ1n) is 5.22. The van der Waals surface area contributed by atoms with E-state index in [1.54, 1.807) is 26.3 Å². The zero-order chi connectivity index (χ0) is 13.0. The Hall–Kier alpha value is -1.26. The lowest BCUT2D eigenvalue weighted by molar-refractivity contribution is -0.118. The Labute approximate surface area is 106 Å². The maximum absolute atomic E-state index is 11.7. The molecule has 17 heavy (non-hydrogen) atoms. The van der Waals surface area contributed by atoms with E-state index in [0.29, 0.717) is 16.5 Å². The van der Waals surface area contributed by atoms with Gasteiger partial charge in [-0.3, -0.25) is 4.79 Å². The fourth-order valence-corrected chi connectivity index (χ4v) is 1.80. The Bertz CT molecular complexity index is 420. The van der Waals surface area contributed by atoms with Crippen molar-refractivity contribution in [3.8, 4) is 5.75 Å². The third-order valence-corrected chi connectivity index (χ3v) is 2.83. The summed E-state index contributed by atoms with van der Waals surface area (Å²) in [4.78, 5) is 13.1. The number of anilines is 1. The molecular weight excluding hydrogens is 242 g/mol. The van der Waals surface area contributed by atoms with Crippen LogP contribution in [0.1, 0.15) is 12.0 Å². The van der Waals surface area contributed by atoms with Crippen LogP contribution in [0, 0.1) is 6.92 Å². The van der Waals surface area contributed by atoms with Crippen molar-refractivity contribution in [1.82, 2.24) is 0 Å². The first kappa shape index (κ1) is 13.8. The quantitative estimate of drug-likeness (QED) is 0.898. The molecule has 0 unspecified atom stereocenters. The van der Waals surface area contributed by atoms with Crippen LogP contribution >= 0.6 is 11.6 Å². The van der Waals surface area contributed by atoms with Crippen LogP contribution in [0.2, 0.25) is 5.02 Å². The molecule has 0 saturated heterocycles. The molecule has 1 amide bonds. The van der Waals surface area contributed by atoms with Crippen LogP contribution in [0.25, 0.3) is 0 Å². The Morgan fingerprint density at radius 3 is 2.71 bits per heavy atom. The molecule has 94 valence electrons. The van der Waals surface area contributed by atoms with Crippen molar-refractivity contribution in [3.63, 3.8) is 0 Å². The summed E-state index contributed by atoms with van der Waals surface area (Å²) in [5.41, 5.74) is 1.61. The van der Waals surface area contributed by atoms with Gasteiger partial charge in [0.2, 0.25) is 5.91 Å². The first-order valence-corrected chi connectivity index (χ1v) is 5.60. The van der Waals surface area contributed by atoms with Crippen molar-refractivity contribution >= 4 is 23.2 Å². The maximum atomic E-state index is 11.7. The topological polar surface area (TPSA) is 49.8 Å². The number of amides is 1. The number of hydrogen-bond donors (Lipinski definition) is 1. The number of ether oxygens (including phenoxy) is 1. The predicted octanol–water partition coefficient (Wildman–Crippen LogP) is 2.00. The van der Waals surface area contributed by atoms with Gasteiger partial charge >= 0.3 is 0 Å². The van der Waals surface area contributed by atoms with Crippen LogP contribution in [-0.4, -0.2) is 31.8 Å². The van der Waals surface area contributed by atoms with E-state index in [0.717, 1.165) is 5.56 Å². The zero-order valence-corrected chi connectivity index (χ0v) is 10.9. The second-order valence-electron chi connectivity index (χ2n) is 3.70. The van der Waals surface area contributed by atoms with Crippen LogP contribution in [0.4, 0.5) is 5.69 Å². The first-order chi connectivity index (χ1) is 8.01. The number of rotatable bonds is 4. The Morgan fingerprint density at radius 1 is 1.53 bits per heavy atom. The highest BCUT2D eigenvalue weighted by atomic mass is 35.5. The summed E-state index contributed by atoms with van der Waals surface area (Å²) in [5.74, 6) is 0.424. The lowest BCUT2D eigenvalue weighted by Crippen LogP contribution is -2.27. The third kappa shape index (κ3) is 3.11. The van der Waals surface area contributed by atoms with Gasteiger partial charge in [-0.2, -0.15) is 0 Å². The number of nitrogens with zero attached hydrogens (tertiary/aromatic N) is 1. The number of benzene rings is 1. The van der Waals surface area contributed by atoms with Gasteiger partial charge < -0.3 is 14.7 Å². The van der Waals surface area contributed by atoms with Gasteiger partial charge in [0, 0.05) is 12.7 Å². The van der Waals surface area contributed by atoms with Crippen molar-refractivity contribution < 1.29 is 14.6 Å². The average molecular weight is 258 g/mol. The number of aliphatic hydroxyl groups excluding tert-OH is 1. The molecule has 0 atom stereocenters. The summed E-state index contributed by atoms with van der Waals surface area (Å²) in [5, 5.41) is 9.20. The minimum absolute atomic E-state index is 0.0968. The molecule has 1 rings (SSSR count). The van der Waals surface area contributed by atoms with E-state index in [1.807, 2.05) is 6.92 Å². The third-order valence-electron chi connectivity index (χ3n) is 2.53. The van der Waals surface area contributed by atoms with E-state index < -0.39 is 0 Å². The van der Waals surface area contributed by atoms with Crippen LogP contribution in [0.15, 0.2) is 12.1 Å². The monoisotopic (exact) mass is 257 g/mol. The van der Waals surface area contributed by atoms with Gasteiger partial charge in [-0.1, -0.05) is 11.6 Å². The molecular formula is C12H16ClNO3. The fraction of sp³-hybridized carbons (Fsp3) is 0.417. The minimum Gasteiger partial charge on any atom is -0.495 e. The maximum Gasteiger partial charge on any atom is 0.229 e. The van der Waals surface area contributed by atoms with Gasteiger partial charge in [0.15, 0.2) is 0 Å². The van der Waals surface area contributed by atoms with Gasteiger partial charge in [-0.15, -0.1) is 0 Å². The highest BCUT2D eigenvalue weighted by molar-refractivity contribution is 6.32. The molecule has 0 fully saturated rings. The standard InChI is InChI=1S/C12H16ClNO3/c1-8-6-11(17-3)9(13)7-10(8)14(2)12(16)4-5-15/h6-7,15H,4-5H2,1-3H3. The number of hydrogen-bond acceptors (Lipinski definition) is 3. The number of aliphatic hydroxyl groups is 1. The molecule has 5 heteroatoms. The second kappa shape index (κ2) is 5.89. The SMILES string of the molecule is COc1cc(C)c(N(C)C(=O)CCO)cc1Cl. The molecule has 1 aromatic rings. The number of carbonyl (C=O) groups excluding carboxylic acids is 1. The molecule has 0 radical (unpaired) electrons. The van der Waals surface area contributed by atoms with E-state index in [1.165, 1.54) is 4.90 Å². The average Bonchev–Trinajstić information content (AvgIpc) is 2.31. The van der Waals surface area contributed by atoms with Gasteiger partial charge in [0.1, 0.15) is 5.75 Å². The molecule has 0 saturated carbocycles. The van der Waals surface area contributed by atoms with E-state index in [9.17, 15) is 4.79 Å². The number of methoxy groups -OCH3 is 1. The largest absolute Gasteiger partial charge is 0.495 e. The minimum atomic E-state index is -0.161. The highest BCUT2D eigenvalue weighted by Gasteiger charge is 2.14. The molecule has 0 aromatic heterocycles. The van der Waals surface area contributed by atoms with E-state index in [-0.39, 0.29) is 18.9 Å². The number of aryl methyl sites for hydroxylation is 1. The number of carbonyl (C=O) groups is 1. The van der Waals surface area contributed by atoms with Gasteiger partial charge in [-0.05, 0) is 24.6 Å². The van der Waals surface area contributed by atoms with E-state index in [2.05, 4.69) is 0 Å². The Morgan fingerprint density at radius 2 is 2.18 bits per heavy atom. The Balaban J connectivity index is 3.06. The molecule has 4 nitrogen and oxygen atoms in total. The van der Waals surface area contributed by atoms with Crippen molar-refractivity contribution in [2.45, 2.75) is 13.3 Å². The van der Waals surface area contributed by atoms with E-state index >= 15 is 0 Å². The molecule has 1 aromatic carbocycles. The summed E-state index contributed by atoms with van der Waals surface area (Å²) in [6.45, 7) is 1.71. The lowest BCUT2D eigenvalue weighted by Gasteiger charge is -2.20. The summed E-state index contributed by atoms with van der Waals surface area (Å²) >= 11 is 6.01. The predicted molar refractivity (Wildman–Crippen MR) is 67.9 cm³/mol. The second-order valence-corrected chi connectivity index (χ2v) is 4.11. The van der Waals surface area contributed by atoms with Crippen molar-refractivity contribution in [3.05, 3.63) is 22.7 Å². The normalized spacial score (nSPS) is 10.2. The lowest BCUT2D eigenvalue weighted by atomic mass is 10.1. The Kier molecular flexibility index (Phi) is 4.78. The van der Waals surface area contributed by atoms with Gasteiger partial charge in [0.25, 0.3) is 0 Å².